The van der Waals surface area contributed by atoms with Crippen LogP contribution in [-0.4, -0.2) is 36.1 Å². The number of carbonyl (C=O) groups excluding carboxylic acids is 2. The highest BCUT2D eigenvalue weighted by molar-refractivity contribution is 6.07. The molecule has 112 valence electrons. The molecule has 5 nitrogen and oxygen atoms in total. The fourth-order valence-corrected chi connectivity index (χ4v) is 3.15. The van der Waals surface area contributed by atoms with Gasteiger partial charge < -0.3 is 10.1 Å². The Balaban J connectivity index is 1.87. The van der Waals surface area contributed by atoms with E-state index in [0.29, 0.717) is 19.6 Å². The topological polar surface area (TPSA) is 58.6 Å². The molecule has 0 bridgehead atoms. The SMILES string of the molecule is CCC1(c2ccccc2)NC(=O)N(CC2CCCO2)C1=O. The minimum Gasteiger partial charge on any atom is -0.376 e. The summed E-state index contributed by atoms with van der Waals surface area (Å²) < 4.78 is 5.55. The molecular formula is C16H20N2O3. The molecule has 5 heteroatoms. The molecule has 2 aliphatic heterocycles. The van der Waals surface area contributed by atoms with Gasteiger partial charge in [-0.05, 0) is 24.8 Å². The minimum atomic E-state index is -0.934. The Labute approximate surface area is 124 Å². The van der Waals surface area contributed by atoms with E-state index in [4.69, 9.17) is 4.74 Å². The Hall–Kier alpha value is -1.88. The van der Waals surface area contributed by atoms with Crippen molar-refractivity contribution in [1.82, 2.24) is 10.2 Å². The van der Waals surface area contributed by atoms with Crippen LogP contribution in [0.15, 0.2) is 30.3 Å². The molecule has 2 atom stereocenters. The summed E-state index contributed by atoms with van der Waals surface area (Å²) >= 11 is 0. The molecule has 3 amide bonds. The van der Waals surface area contributed by atoms with Crippen LogP contribution in [0.1, 0.15) is 31.7 Å². The van der Waals surface area contributed by atoms with Crippen LogP contribution in [-0.2, 0) is 15.1 Å². The number of amides is 3. The summed E-state index contributed by atoms with van der Waals surface area (Å²) in [5.74, 6) is -0.170. The summed E-state index contributed by atoms with van der Waals surface area (Å²) in [6.45, 7) is 2.98. The standard InChI is InChI=1S/C16H20N2O3/c1-2-16(12-7-4-3-5-8-12)14(19)18(15(20)17-16)11-13-9-6-10-21-13/h3-5,7-8,13H,2,6,9-11H2,1H3,(H,17,20). The summed E-state index contributed by atoms with van der Waals surface area (Å²) in [4.78, 5) is 26.4. The maximum absolute atomic E-state index is 12.8. The van der Waals surface area contributed by atoms with Gasteiger partial charge in [-0.3, -0.25) is 9.69 Å². The zero-order valence-electron chi connectivity index (χ0n) is 12.2. The Morgan fingerprint density at radius 1 is 1.33 bits per heavy atom. The first-order valence-electron chi connectivity index (χ1n) is 7.48. The lowest BCUT2D eigenvalue weighted by Gasteiger charge is -2.26. The second kappa shape index (κ2) is 5.48. The molecule has 0 radical (unpaired) electrons. The van der Waals surface area contributed by atoms with Gasteiger partial charge in [0.05, 0.1) is 12.6 Å². The predicted octanol–water partition coefficient (Wildman–Crippen LogP) is 2.02. The van der Waals surface area contributed by atoms with Crippen molar-refractivity contribution in [2.75, 3.05) is 13.2 Å². The molecule has 3 rings (SSSR count). The van der Waals surface area contributed by atoms with Crippen LogP contribution in [0.3, 0.4) is 0 Å². The van der Waals surface area contributed by atoms with E-state index in [2.05, 4.69) is 5.32 Å². The normalized spacial score (nSPS) is 29.0. The molecule has 2 fully saturated rings. The summed E-state index contributed by atoms with van der Waals surface area (Å²) in [6, 6.07) is 9.12. The van der Waals surface area contributed by atoms with E-state index in [1.54, 1.807) is 0 Å². The van der Waals surface area contributed by atoms with Crippen LogP contribution in [0.4, 0.5) is 4.79 Å². The van der Waals surface area contributed by atoms with Gasteiger partial charge in [0.2, 0.25) is 0 Å². The van der Waals surface area contributed by atoms with Crippen LogP contribution in [0.5, 0.6) is 0 Å². The van der Waals surface area contributed by atoms with Crippen LogP contribution in [0.25, 0.3) is 0 Å². The fourth-order valence-electron chi connectivity index (χ4n) is 3.15. The van der Waals surface area contributed by atoms with Gasteiger partial charge in [0, 0.05) is 6.61 Å². The van der Waals surface area contributed by atoms with E-state index in [9.17, 15) is 9.59 Å². The van der Waals surface area contributed by atoms with E-state index in [1.165, 1.54) is 4.90 Å². The average molecular weight is 288 g/mol. The zero-order chi connectivity index (χ0) is 14.9. The fraction of sp³-hybridized carbons (Fsp3) is 0.500. The van der Waals surface area contributed by atoms with Crippen molar-refractivity contribution >= 4 is 11.9 Å². The molecule has 2 aliphatic rings. The Bertz CT molecular complexity index is 540. The quantitative estimate of drug-likeness (QED) is 0.862. The van der Waals surface area contributed by atoms with Crippen LogP contribution < -0.4 is 5.32 Å². The van der Waals surface area contributed by atoms with Crippen LogP contribution in [0.2, 0.25) is 0 Å². The van der Waals surface area contributed by atoms with Crippen molar-refractivity contribution in [2.24, 2.45) is 0 Å². The molecule has 2 unspecified atom stereocenters. The lowest BCUT2D eigenvalue weighted by molar-refractivity contribution is -0.132. The average Bonchev–Trinajstić information content (AvgIpc) is 3.11. The zero-order valence-corrected chi connectivity index (χ0v) is 12.2. The number of urea groups is 1. The number of hydrogen-bond acceptors (Lipinski definition) is 3. The maximum atomic E-state index is 12.8. The van der Waals surface area contributed by atoms with Crippen LogP contribution in [0, 0.1) is 0 Å². The summed E-state index contributed by atoms with van der Waals surface area (Å²) in [6.07, 6.45) is 2.40. The van der Waals surface area contributed by atoms with E-state index in [1.807, 2.05) is 37.3 Å². The highest BCUT2D eigenvalue weighted by Gasteiger charge is 2.51. The van der Waals surface area contributed by atoms with Crippen molar-refractivity contribution < 1.29 is 14.3 Å². The lowest BCUT2D eigenvalue weighted by Crippen LogP contribution is -2.44. The largest absolute Gasteiger partial charge is 0.376 e. The Morgan fingerprint density at radius 2 is 2.10 bits per heavy atom. The number of carbonyl (C=O) groups is 2. The molecule has 1 aromatic rings. The molecule has 0 saturated carbocycles. The third kappa shape index (κ3) is 2.31. The summed E-state index contributed by atoms with van der Waals surface area (Å²) in [5.41, 5.74) is -0.0996. The van der Waals surface area contributed by atoms with Gasteiger partial charge in [-0.25, -0.2) is 4.79 Å². The van der Waals surface area contributed by atoms with Crippen LogP contribution >= 0.6 is 0 Å². The molecule has 2 heterocycles. The third-order valence-corrected chi connectivity index (χ3v) is 4.38. The van der Waals surface area contributed by atoms with Crippen molar-refractivity contribution in [3.05, 3.63) is 35.9 Å². The molecule has 0 spiro atoms. The van der Waals surface area contributed by atoms with E-state index in [-0.39, 0.29) is 18.0 Å². The van der Waals surface area contributed by atoms with Crippen molar-refractivity contribution in [1.29, 1.82) is 0 Å². The second-order valence-electron chi connectivity index (χ2n) is 5.61. The highest BCUT2D eigenvalue weighted by atomic mass is 16.5. The maximum Gasteiger partial charge on any atom is 0.325 e. The molecule has 2 saturated heterocycles. The van der Waals surface area contributed by atoms with Crippen molar-refractivity contribution in [3.63, 3.8) is 0 Å². The Morgan fingerprint density at radius 3 is 2.71 bits per heavy atom. The summed E-state index contributed by atoms with van der Waals surface area (Å²) in [7, 11) is 0. The highest BCUT2D eigenvalue weighted by Crippen LogP contribution is 2.32. The van der Waals surface area contributed by atoms with Crippen molar-refractivity contribution in [3.8, 4) is 0 Å². The van der Waals surface area contributed by atoms with Gasteiger partial charge in [-0.2, -0.15) is 0 Å². The molecular weight excluding hydrogens is 268 g/mol. The molecule has 21 heavy (non-hydrogen) atoms. The second-order valence-corrected chi connectivity index (χ2v) is 5.61. The van der Waals surface area contributed by atoms with E-state index >= 15 is 0 Å². The van der Waals surface area contributed by atoms with E-state index in [0.717, 1.165) is 18.4 Å². The number of imide groups is 1. The van der Waals surface area contributed by atoms with Gasteiger partial charge >= 0.3 is 6.03 Å². The first-order valence-corrected chi connectivity index (χ1v) is 7.48. The molecule has 0 aliphatic carbocycles. The van der Waals surface area contributed by atoms with Gasteiger partial charge in [-0.1, -0.05) is 37.3 Å². The van der Waals surface area contributed by atoms with Crippen molar-refractivity contribution in [2.45, 2.75) is 37.8 Å². The van der Waals surface area contributed by atoms with Gasteiger partial charge in [0.15, 0.2) is 0 Å². The van der Waals surface area contributed by atoms with E-state index < -0.39 is 5.54 Å². The lowest BCUT2D eigenvalue weighted by atomic mass is 9.87. The monoisotopic (exact) mass is 288 g/mol. The molecule has 1 aromatic carbocycles. The number of nitrogens with one attached hydrogen (secondary N) is 1. The number of hydrogen-bond donors (Lipinski definition) is 1. The smallest absolute Gasteiger partial charge is 0.325 e. The van der Waals surface area contributed by atoms with Gasteiger partial charge in [0.1, 0.15) is 5.54 Å². The third-order valence-electron chi connectivity index (χ3n) is 4.38. The molecule has 1 N–H and O–H groups in total. The number of nitrogens with zero attached hydrogens (tertiary/aromatic N) is 1. The van der Waals surface area contributed by atoms with Gasteiger partial charge in [0.25, 0.3) is 5.91 Å². The number of benzene rings is 1. The first-order chi connectivity index (χ1) is 10.2. The minimum absolute atomic E-state index is 0.0249. The Kier molecular flexibility index (Phi) is 3.68. The van der Waals surface area contributed by atoms with Gasteiger partial charge in [-0.15, -0.1) is 0 Å². The molecule has 0 aromatic heterocycles. The summed E-state index contributed by atoms with van der Waals surface area (Å²) in [5, 5.41) is 2.89. The number of ether oxygens (including phenoxy) is 1. The predicted molar refractivity (Wildman–Crippen MR) is 77.6 cm³/mol. The number of rotatable bonds is 4. The first kappa shape index (κ1) is 14.1.